The first-order valence-corrected chi connectivity index (χ1v) is 2.10. The molecule has 0 bridgehead atoms. The molecule has 5 nitrogen and oxygen atoms in total. The number of hydrogen-bond acceptors (Lipinski definition) is 2. The van der Waals surface area contributed by atoms with E-state index in [4.69, 9.17) is 17.5 Å². The van der Waals surface area contributed by atoms with Crippen molar-refractivity contribution in [3.8, 4) is 0 Å². The molecular formula is H8MnNa4O5S. The third kappa shape index (κ3) is 116. The topological polar surface area (TPSA) is 106 Å². The Kier molecular flexibility index (Phi) is 98.4. The van der Waals surface area contributed by atoms with E-state index in [1.807, 2.05) is 0 Å². The zero-order chi connectivity index (χ0) is 4.50. The van der Waals surface area contributed by atoms with Gasteiger partial charge in [-0.15, -0.1) is 0 Å². The van der Waals surface area contributed by atoms with Crippen molar-refractivity contribution >= 4 is 129 Å². The van der Waals surface area contributed by atoms with E-state index in [0.29, 0.717) is 0 Å². The molecule has 0 spiro atoms. The summed E-state index contributed by atoms with van der Waals surface area (Å²) in [6, 6.07) is 0. The van der Waals surface area contributed by atoms with Gasteiger partial charge in [0.05, 0.1) is 0 Å². The van der Waals surface area contributed by atoms with Gasteiger partial charge in [0.25, 0.3) is 0 Å². The Morgan fingerprint density at radius 1 is 0.818 bits per heavy atom. The van der Waals surface area contributed by atoms with Crippen LogP contribution in [0.4, 0.5) is 0 Å². The number of hydrogen-bond donors (Lipinski definition) is 2. The Labute approximate surface area is 165 Å². The molecule has 0 aliphatic rings. The molecule has 0 rings (SSSR count). The van der Waals surface area contributed by atoms with Crippen molar-refractivity contribution in [3.63, 3.8) is 0 Å². The normalized spacial score (nSPS) is 5.27. The first kappa shape index (κ1) is 45.3. The van der Waals surface area contributed by atoms with Gasteiger partial charge in [-0.3, -0.25) is 9.11 Å². The summed E-state index contributed by atoms with van der Waals surface area (Å²) in [5, 5.41) is 0. The molecule has 1 radical (unpaired) electrons. The molecule has 0 saturated heterocycles. The second-order valence-electron chi connectivity index (χ2n) is 0.448. The van der Waals surface area contributed by atoms with Crippen molar-refractivity contribution in [1.82, 2.24) is 0 Å². The fraction of sp³-hybridized carbons (Fsp3) is 0. The van der Waals surface area contributed by atoms with Crippen LogP contribution < -0.4 is 0 Å². The molecular weight excluding hydrogens is 259 g/mol. The maximum atomic E-state index is 8.74. The summed E-state index contributed by atoms with van der Waals surface area (Å²) >= 11 is 0. The van der Waals surface area contributed by atoms with E-state index in [2.05, 4.69) is 0 Å². The van der Waals surface area contributed by atoms with Gasteiger partial charge in [0.15, 0.2) is 0 Å². The summed E-state index contributed by atoms with van der Waals surface area (Å²) in [6.45, 7) is 0. The van der Waals surface area contributed by atoms with E-state index in [1.165, 1.54) is 0 Å². The van der Waals surface area contributed by atoms with Gasteiger partial charge in [-0.05, 0) is 0 Å². The molecule has 4 N–H and O–H groups in total. The molecule has 0 aromatic heterocycles. The van der Waals surface area contributed by atoms with E-state index < -0.39 is 10.4 Å². The molecule has 11 heavy (non-hydrogen) atoms. The van der Waals surface area contributed by atoms with Crippen LogP contribution in [0.5, 0.6) is 0 Å². The van der Waals surface area contributed by atoms with Crippen LogP contribution in [0.1, 0.15) is 0 Å². The summed E-state index contributed by atoms with van der Waals surface area (Å²) in [7, 11) is -4.67. The molecule has 0 atom stereocenters. The van der Waals surface area contributed by atoms with Crippen molar-refractivity contribution in [2.45, 2.75) is 0 Å². The number of rotatable bonds is 0. The first-order chi connectivity index (χ1) is 2.00. The van der Waals surface area contributed by atoms with Gasteiger partial charge in [-0.2, -0.15) is 8.42 Å². The summed E-state index contributed by atoms with van der Waals surface area (Å²) in [5.74, 6) is 0. The third-order valence-corrected chi connectivity index (χ3v) is 0. The average Bonchev–Trinajstić information content (AvgIpc) is 0.722. The van der Waals surface area contributed by atoms with Crippen molar-refractivity contribution < 1.29 is 40.1 Å². The minimum absolute atomic E-state index is 0. The predicted molar refractivity (Wildman–Crippen MR) is 46.4 cm³/mol. The van der Waals surface area contributed by atoms with Crippen molar-refractivity contribution in [2.75, 3.05) is 0 Å². The van der Waals surface area contributed by atoms with Crippen LogP contribution in [0.2, 0.25) is 0 Å². The Hall–Kier alpha value is 4.35. The Morgan fingerprint density at radius 2 is 0.818 bits per heavy atom. The fourth-order valence-electron chi connectivity index (χ4n) is 0. The predicted octanol–water partition coefficient (Wildman–Crippen LogP) is -4.07. The van der Waals surface area contributed by atoms with Gasteiger partial charge >= 0.3 is 129 Å². The fourth-order valence-corrected chi connectivity index (χ4v) is 0. The molecule has 0 saturated carbocycles. The van der Waals surface area contributed by atoms with Gasteiger partial charge in [-0.25, -0.2) is 0 Å². The SMILES string of the molecule is O.O=S(=O)(O)O.[Mn].[NaH].[NaH].[NaH].[NaH]. The van der Waals surface area contributed by atoms with Gasteiger partial charge < -0.3 is 5.48 Å². The zero-order valence-electron chi connectivity index (χ0n) is 3.00. The summed E-state index contributed by atoms with van der Waals surface area (Å²) in [4.78, 5) is 0. The van der Waals surface area contributed by atoms with E-state index >= 15 is 0 Å². The van der Waals surface area contributed by atoms with Crippen molar-refractivity contribution in [2.24, 2.45) is 0 Å². The standard InChI is InChI=1S/Mn.4Na.H2O4S.H2O.4H/c;;;;;1-5(2,3)4;;;;;/h;;;;;(H2,1,2,3,4);1H2;;;;. The van der Waals surface area contributed by atoms with Crippen LogP contribution in [0.3, 0.4) is 0 Å². The molecule has 0 unspecified atom stereocenters. The Morgan fingerprint density at radius 3 is 0.818 bits per heavy atom. The van der Waals surface area contributed by atoms with Crippen LogP contribution in [-0.2, 0) is 27.5 Å². The van der Waals surface area contributed by atoms with E-state index in [0.717, 1.165) is 0 Å². The molecule has 11 heteroatoms. The quantitative estimate of drug-likeness (QED) is 0.344. The van der Waals surface area contributed by atoms with Crippen LogP contribution in [0.25, 0.3) is 0 Å². The molecule has 0 amide bonds. The second kappa shape index (κ2) is 23.9. The Balaban J connectivity index is -0.00000000533. The van der Waals surface area contributed by atoms with E-state index in [1.54, 1.807) is 0 Å². The van der Waals surface area contributed by atoms with Gasteiger partial charge in [-0.1, -0.05) is 0 Å². The molecule has 55 valence electrons. The summed E-state index contributed by atoms with van der Waals surface area (Å²) in [6.07, 6.45) is 0. The van der Waals surface area contributed by atoms with Gasteiger partial charge in [0, 0.05) is 17.1 Å². The van der Waals surface area contributed by atoms with Gasteiger partial charge in [0.1, 0.15) is 0 Å². The van der Waals surface area contributed by atoms with Crippen LogP contribution in [-0.4, -0.2) is 141 Å². The van der Waals surface area contributed by atoms with E-state index in [-0.39, 0.29) is 141 Å². The second-order valence-corrected chi connectivity index (χ2v) is 1.34. The summed E-state index contributed by atoms with van der Waals surface area (Å²) in [5.41, 5.74) is 0. The zero-order valence-corrected chi connectivity index (χ0v) is 4.99. The van der Waals surface area contributed by atoms with E-state index in [9.17, 15) is 0 Å². The molecule has 0 heterocycles. The molecule has 0 aromatic rings. The maximum absolute atomic E-state index is 8.74. The monoisotopic (exact) mass is 267 g/mol. The molecule has 0 fully saturated rings. The third-order valence-electron chi connectivity index (χ3n) is 0. The van der Waals surface area contributed by atoms with Gasteiger partial charge in [0.2, 0.25) is 0 Å². The average molecular weight is 267 g/mol. The first-order valence-electron chi connectivity index (χ1n) is 0.698. The molecule has 0 aromatic carbocycles. The van der Waals surface area contributed by atoms with Crippen molar-refractivity contribution in [3.05, 3.63) is 0 Å². The Bertz CT molecular complexity index is 102. The summed E-state index contributed by atoms with van der Waals surface area (Å²) < 4.78 is 31.6. The van der Waals surface area contributed by atoms with Crippen molar-refractivity contribution in [1.29, 1.82) is 0 Å². The molecule has 0 aliphatic carbocycles. The van der Waals surface area contributed by atoms with Crippen LogP contribution in [0.15, 0.2) is 0 Å². The molecule has 0 aliphatic heterocycles. The van der Waals surface area contributed by atoms with Crippen LogP contribution >= 0.6 is 0 Å². The minimum atomic E-state index is -4.67. The van der Waals surface area contributed by atoms with Crippen LogP contribution in [0, 0.1) is 0 Å².